The van der Waals surface area contributed by atoms with E-state index >= 15 is 0 Å². The maximum atomic E-state index is 4.47. The Morgan fingerprint density at radius 3 is 2.67 bits per heavy atom. The number of hydrogen-bond acceptors (Lipinski definition) is 4. The van der Waals surface area contributed by atoms with Gasteiger partial charge in [-0.2, -0.15) is 0 Å². The number of nitrogens with one attached hydrogen (secondary N) is 1. The second-order valence-electron chi connectivity index (χ2n) is 3.94. The number of anilines is 2. The standard InChI is InChI=1S/C11H20N4/c1-5-15(8-9(2)3)11-7-13-6-10(12-4)14-11/h6-7,9H,5,8H2,1-4H3,(H,12,14). The molecule has 0 spiro atoms. The van der Waals surface area contributed by atoms with Crippen molar-refractivity contribution in [1.29, 1.82) is 0 Å². The monoisotopic (exact) mass is 208 g/mol. The maximum Gasteiger partial charge on any atom is 0.149 e. The summed E-state index contributed by atoms with van der Waals surface area (Å²) in [7, 11) is 1.85. The lowest BCUT2D eigenvalue weighted by Crippen LogP contribution is -2.28. The zero-order chi connectivity index (χ0) is 11.3. The topological polar surface area (TPSA) is 41.1 Å². The molecule has 0 radical (unpaired) electrons. The highest BCUT2D eigenvalue weighted by molar-refractivity contribution is 5.43. The fourth-order valence-electron chi connectivity index (χ4n) is 1.45. The Bertz CT molecular complexity index is 298. The largest absolute Gasteiger partial charge is 0.372 e. The zero-order valence-electron chi connectivity index (χ0n) is 9.99. The van der Waals surface area contributed by atoms with Crippen LogP contribution in [0.5, 0.6) is 0 Å². The van der Waals surface area contributed by atoms with Crippen LogP contribution < -0.4 is 10.2 Å². The molecule has 1 N–H and O–H groups in total. The van der Waals surface area contributed by atoms with Gasteiger partial charge < -0.3 is 10.2 Å². The van der Waals surface area contributed by atoms with Gasteiger partial charge in [0.25, 0.3) is 0 Å². The normalized spacial score (nSPS) is 10.5. The average Bonchev–Trinajstić information content (AvgIpc) is 2.25. The van der Waals surface area contributed by atoms with Gasteiger partial charge in [0.15, 0.2) is 0 Å². The Morgan fingerprint density at radius 1 is 1.40 bits per heavy atom. The van der Waals surface area contributed by atoms with Crippen LogP contribution in [0.25, 0.3) is 0 Å². The molecule has 0 aliphatic heterocycles. The fourth-order valence-corrected chi connectivity index (χ4v) is 1.45. The van der Waals surface area contributed by atoms with Crippen LogP contribution in [0.1, 0.15) is 20.8 Å². The quantitative estimate of drug-likeness (QED) is 0.803. The van der Waals surface area contributed by atoms with E-state index in [9.17, 15) is 0 Å². The van der Waals surface area contributed by atoms with Gasteiger partial charge in [0.05, 0.1) is 12.4 Å². The molecule has 0 amide bonds. The molecule has 84 valence electrons. The van der Waals surface area contributed by atoms with Crippen LogP contribution in [0.2, 0.25) is 0 Å². The summed E-state index contributed by atoms with van der Waals surface area (Å²) in [6.07, 6.45) is 3.54. The van der Waals surface area contributed by atoms with E-state index in [-0.39, 0.29) is 0 Å². The predicted molar refractivity (Wildman–Crippen MR) is 64.3 cm³/mol. The van der Waals surface area contributed by atoms with Crippen LogP contribution in [-0.2, 0) is 0 Å². The van der Waals surface area contributed by atoms with Crippen molar-refractivity contribution >= 4 is 11.6 Å². The number of rotatable bonds is 5. The van der Waals surface area contributed by atoms with E-state index in [0.717, 1.165) is 24.7 Å². The van der Waals surface area contributed by atoms with Crippen molar-refractivity contribution in [2.45, 2.75) is 20.8 Å². The third kappa shape index (κ3) is 3.38. The van der Waals surface area contributed by atoms with Gasteiger partial charge in [-0.05, 0) is 12.8 Å². The summed E-state index contributed by atoms with van der Waals surface area (Å²) >= 11 is 0. The van der Waals surface area contributed by atoms with Gasteiger partial charge in [0, 0.05) is 20.1 Å². The lowest BCUT2D eigenvalue weighted by molar-refractivity contribution is 0.614. The van der Waals surface area contributed by atoms with Gasteiger partial charge in [-0.1, -0.05) is 13.8 Å². The number of hydrogen-bond donors (Lipinski definition) is 1. The highest BCUT2D eigenvalue weighted by atomic mass is 15.2. The van der Waals surface area contributed by atoms with Crippen molar-refractivity contribution in [2.24, 2.45) is 5.92 Å². The van der Waals surface area contributed by atoms with E-state index in [1.807, 2.05) is 13.2 Å². The average molecular weight is 208 g/mol. The zero-order valence-corrected chi connectivity index (χ0v) is 9.99. The first-order valence-corrected chi connectivity index (χ1v) is 5.42. The summed E-state index contributed by atoms with van der Waals surface area (Å²) in [6, 6.07) is 0. The van der Waals surface area contributed by atoms with Crippen LogP contribution in [0.15, 0.2) is 12.4 Å². The molecule has 0 aliphatic carbocycles. The second kappa shape index (κ2) is 5.53. The van der Waals surface area contributed by atoms with E-state index < -0.39 is 0 Å². The molecule has 4 nitrogen and oxygen atoms in total. The number of nitrogens with zero attached hydrogens (tertiary/aromatic N) is 3. The molecular formula is C11H20N4. The van der Waals surface area contributed by atoms with E-state index in [1.54, 1.807) is 6.20 Å². The van der Waals surface area contributed by atoms with Crippen molar-refractivity contribution in [3.63, 3.8) is 0 Å². The van der Waals surface area contributed by atoms with Crippen LogP contribution in [0.4, 0.5) is 11.6 Å². The molecule has 0 saturated heterocycles. The highest BCUT2D eigenvalue weighted by Crippen LogP contribution is 2.13. The van der Waals surface area contributed by atoms with E-state index in [1.165, 1.54) is 0 Å². The summed E-state index contributed by atoms with van der Waals surface area (Å²) in [4.78, 5) is 10.9. The molecule has 0 bridgehead atoms. The fraction of sp³-hybridized carbons (Fsp3) is 0.636. The van der Waals surface area contributed by atoms with Gasteiger partial charge in [-0.3, -0.25) is 4.98 Å². The molecule has 1 heterocycles. The van der Waals surface area contributed by atoms with E-state index in [4.69, 9.17) is 0 Å². The first-order chi connectivity index (χ1) is 7.17. The summed E-state index contributed by atoms with van der Waals surface area (Å²) < 4.78 is 0. The molecule has 0 fully saturated rings. The smallest absolute Gasteiger partial charge is 0.149 e. The van der Waals surface area contributed by atoms with Gasteiger partial charge in [-0.25, -0.2) is 4.98 Å². The second-order valence-corrected chi connectivity index (χ2v) is 3.94. The van der Waals surface area contributed by atoms with Gasteiger partial charge in [0.1, 0.15) is 11.6 Å². The Morgan fingerprint density at radius 2 is 2.13 bits per heavy atom. The minimum absolute atomic E-state index is 0.630. The summed E-state index contributed by atoms with van der Waals surface area (Å²) in [6.45, 7) is 8.52. The van der Waals surface area contributed by atoms with Crippen molar-refractivity contribution < 1.29 is 0 Å². The maximum absolute atomic E-state index is 4.47. The van der Waals surface area contributed by atoms with Crippen LogP contribution in [0.3, 0.4) is 0 Å². The predicted octanol–water partition coefficient (Wildman–Crippen LogP) is 2.00. The molecule has 1 aromatic heterocycles. The first kappa shape index (κ1) is 11.8. The molecule has 4 heteroatoms. The SMILES string of the molecule is CCN(CC(C)C)c1cncc(NC)n1. The summed E-state index contributed by atoms with van der Waals surface area (Å²) in [5, 5.41) is 3.00. The van der Waals surface area contributed by atoms with Gasteiger partial charge in [-0.15, -0.1) is 0 Å². The Labute approximate surface area is 91.7 Å². The van der Waals surface area contributed by atoms with Crippen molar-refractivity contribution in [3.05, 3.63) is 12.4 Å². The summed E-state index contributed by atoms with van der Waals surface area (Å²) in [5.41, 5.74) is 0. The van der Waals surface area contributed by atoms with E-state index in [2.05, 4.69) is 41.0 Å². The van der Waals surface area contributed by atoms with Crippen molar-refractivity contribution in [1.82, 2.24) is 9.97 Å². The molecule has 1 aromatic rings. The Balaban J connectivity index is 2.81. The Hall–Kier alpha value is -1.32. The molecule has 1 rings (SSSR count). The van der Waals surface area contributed by atoms with Gasteiger partial charge in [0.2, 0.25) is 0 Å². The van der Waals surface area contributed by atoms with Crippen LogP contribution in [-0.4, -0.2) is 30.1 Å². The van der Waals surface area contributed by atoms with Crippen LogP contribution in [0, 0.1) is 5.92 Å². The third-order valence-corrected chi connectivity index (χ3v) is 2.17. The molecule has 0 saturated carbocycles. The minimum Gasteiger partial charge on any atom is -0.372 e. The molecule has 15 heavy (non-hydrogen) atoms. The lowest BCUT2D eigenvalue weighted by Gasteiger charge is -2.23. The molecule has 0 aromatic carbocycles. The van der Waals surface area contributed by atoms with E-state index in [0.29, 0.717) is 5.92 Å². The van der Waals surface area contributed by atoms with Gasteiger partial charge >= 0.3 is 0 Å². The first-order valence-electron chi connectivity index (χ1n) is 5.42. The van der Waals surface area contributed by atoms with Crippen molar-refractivity contribution in [2.75, 3.05) is 30.4 Å². The molecule has 0 aliphatic rings. The summed E-state index contributed by atoms with van der Waals surface area (Å²) in [5.74, 6) is 2.39. The minimum atomic E-state index is 0.630. The molecule has 0 unspecified atom stereocenters. The lowest BCUT2D eigenvalue weighted by atomic mass is 10.2. The highest BCUT2D eigenvalue weighted by Gasteiger charge is 2.08. The molecular weight excluding hydrogens is 188 g/mol. The third-order valence-electron chi connectivity index (χ3n) is 2.17. The van der Waals surface area contributed by atoms with Crippen LogP contribution >= 0.6 is 0 Å². The van der Waals surface area contributed by atoms with Crippen molar-refractivity contribution in [3.8, 4) is 0 Å². The number of aromatic nitrogens is 2. The Kier molecular flexibility index (Phi) is 4.34. The molecule has 0 atom stereocenters.